The van der Waals surface area contributed by atoms with Gasteiger partial charge in [-0.25, -0.2) is 4.79 Å². The normalized spacial score (nSPS) is 14.2. The van der Waals surface area contributed by atoms with E-state index in [9.17, 15) is 14.4 Å². The number of piperidine rings is 1. The predicted octanol–water partition coefficient (Wildman–Crippen LogP) is 2.97. The van der Waals surface area contributed by atoms with Crippen LogP contribution in [0.2, 0.25) is 0 Å². The highest BCUT2D eigenvalue weighted by Crippen LogP contribution is 2.22. The summed E-state index contributed by atoms with van der Waals surface area (Å²) in [7, 11) is 2.88. The van der Waals surface area contributed by atoms with Crippen molar-refractivity contribution >= 4 is 23.5 Å². The molecule has 152 valence electrons. The lowest BCUT2D eigenvalue weighted by Crippen LogP contribution is -2.41. The van der Waals surface area contributed by atoms with Gasteiger partial charge in [-0.1, -0.05) is 12.1 Å². The molecule has 0 unspecified atom stereocenters. The second-order valence-electron chi connectivity index (χ2n) is 6.86. The molecule has 0 radical (unpaired) electrons. The number of hydrogen-bond donors (Lipinski definition) is 1. The van der Waals surface area contributed by atoms with E-state index in [1.807, 2.05) is 0 Å². The zero-order valence-electron chi connectivity index (χ0n) is 16.5. The maximum absolute atomic E-state index is 12.7. The number of carbonyl (C=O) groups excluding carboxylic acids is 3. The van der Waals surface area contributed by atoms with Crippen molar-refractivity contribution < 1.29 is 23.9 Å². The van der Waals surface area contributed by atoms with Gasteiger partial charge in [0.15, 0.2) is 0 Å². The first kappa shape index (κ1) is 20.4. The molecule has 0 saturated carbocycles. The second-order valence-corrected chi connectivity index (χ2v) is 6.86. The summed E-state index contributed by atoms with van der Waals surface area (Å²) >= 11 is 0. The van der Waals surface area contributed by atoms with Crippen LogP contribution >= 0.6 is 0 Å². The number of carbonyl (C=O) groups is 3. The van der Waals surface area contributed by atoms with Gasteiger partial charge in [0.05, 0.1) is 19.8 Å². The van der Waals surface area contributed by atoms with E-state index in [1.165, 1.54) is 7.11 Å². The number of nitrogens with one attached hydrogen (secondary N) is 1. The van der Waals surface area contributed by atoms with Gasteiger partial charge in [-0.3, -0.25) is 9.59 Å². The Labute approximate surface area is 169 Å². The minimum atomic E-state index is -0.453. The molecule has 0 bridgehead atoms. The molecule has 1 aliphatic rings. The molecule has 7 nitrogen and oxygen atoms in total. The van der Waals surface area contributed by atoms with Crippen LogP contribution in [-0.4, -0.2) is 50.0 Å². The first-order chi connectivity index (χ1) is 14.0. The Morgan fingerprint density at radius 1 is 0.966 bits per heavy atom. The van der Waals surface area contributed by atoms with Crippen molar-refractivity contribution in [1.29, 1.82) is 0 Å². The van der Waals surface area contributed by atoms with Gasteiger partial charge in [-0.05, 0) is 49.2 Å². The van der Waals surface area contributed by atoms with Gasteiger partial charge in [0.25, 0.3) is 5.91 Å². The molecule has 29 heavy (non-hydrogen) atoms. The van der Waals surface area contributed by atoms with Gasteiger partial charge in [0.1, 0.15) is 5.75 Å². The standard InChI is InChI=1S/C22H24N2O5/c1-28-19-8-4-5-16(14-19)21(26)24-11-9-15(10-12-24)20(25)23-18-7-3-6-17(13-18)22(27)29-2/h3-8,13-15H,9-12H2,1-2H3,(H,23,25). The molecule has 0 atom stereocenters. The van der Waals surface area contributed by atoms with Crippen molar-refractivity contribution in [2.24, 2.45) is 5.92 Å². The Balaban J connectivity index is 1.57. The summed E-state index contributed by atoms with van der Waals surface area (Å²) in [5.41, 5.74) is 1.50. The molecule has 1 N–H and O–H groups in total. The van der Waals surface area contributed by atoms with Crippen LogP contribution in [0.25, 0.3) is 0 Å². The summed E-state index contributed by atoms with van der Waals surface area (Å²) in [6, 6.07) is 13.7. The van der Waals surface area contributed by atoms with Crippen LogP contribution in [0.5, 0.6) is 5.75 Å². The van der Waals surface area contributed by atoms with Crippen LogP contribution in [0.3, 0.4) is 0 Å². The third-order valence-corrected chi connectivity index (χ3v) is 5.02. The average molecular weight is 396 g/mol. The first-order valence-electron chi connectivity index (χ1n) is 9.44. The molecule has 7 heteroatoms. The third kappa shape index (κ3) is 4.93. The molecule has 2 amide bonds. The monoisotopic (exact) mass is 396 g/mol. The number of ether oxygens (including phenoxy) is 2. The van der Waals surface area contributed by atoms with Crippen molar-refractivity contribution in [1.82, 2.24) is 4.90 Å². The van der Waals surface area contributed by atoms with Crippen molar-refractivity contribution in [2.45, 2.75) is 12.8 Å². The van der Waals surface area contributed by atoms with E-state index in [2.05, 4.69) is 5.32 Å². The molecule has 0 spiro atoms. The number of likely N-dealkylation sites (tertiary alicyclic amines) is 1. The third-order valence-electron chi connectivity index (χ3n) is 5.02. The van der Waals surface area contributed by atoms with E-state index in [4.69, 9.17) is 9.47 Å². The lowest BCUT2D eigenvalue weighted by Gasteiger charge is -2.31. The summed E-state index contributed by atoms with van der Waals surface area (Å²) in [6.45, 7) is 1.02. The number of esters is 1. The highest BCUT2D eigenvalue weighted by molar-refractivity contribution is 5.96. The molecule has 3 rings (SSSR count). The van der Waals surface area contributed by atoms with Gasteiger partial charge >= 0.3 is 5.97 Å². The Bertz CT molecular complexity index is 904. The van der Waals surface area contributed by atoms with Gasteiger partial charge in [-0.15, -0.1) is 0 Å². The number of methoxy groups -OCH3 is 2. The molecular formula is C22H24N2O5. The molecular weight excluding hydrogens is 372 g/mol. The largest absolute Gasteiger partial charge is 0.497 e. The maximum atomic E-state index is 12.7. The topological polar surface area (TPSA) is 84.9 Å². The van der Waals surface area contributed by atoms with E-state index >= 15 is 0 Å². The summed E-state index contributed by atoms with van der Waals surface area (Å²) in [5.74, 6) is -0.176. The Kier molecular flexibility index (Phi) is 6.49. The van der Waals surface area contributed by atoms with Crippen molar-refractivity contribution in [2.75, 3.05) is 32.6 Å². The zero-order chi connectivity index (χ0) is 20.8. The van der Waals surface area contributed by atoms with Crippen LogP contribution in [0, 0.1) is 5.92 Å². The predicted molar refractivity (Wildman–Crippen MR) is 108 cm³/mol. The molecule has 1 heterocycles. The molecule has 2 aromatic carbocycles. The minimum Gasteiger partial charge on any atom is -0.497 e. The van der Waals surface area contributed by atoms with E-state index in [1.54, 1.807) is 60.5 Å². The van der Waals surface area contributed by atoms with Gasteiger partial charge in [0.2, 0.25) is 5.91 Å². The first-order valence-corrected chi connectivity index (χ1v) is 9.44. The number of nitrogens with zero attached hydrogens (tertiary/aromatic N) is 1. The van der Waals surface area contributed by atoms with Crippen LogP contribution in [-0.2, 0) is 9.53 Å². The van der Waals surface area contributed by atoms with E-state index in [0.29, 0.717) is 48.5 Å². The van der Waals surface area contributed by atoms with Gasteiger partial charge < -0.3 is 19.7 Å². The summed E-state index contributed by atoms with van der Waals surface area (Å²) < 4.78 is 9.88. The maximum Gasteiger partial charge on any atom is 0.337 e. The fourth-order valence-electron chi connectivity index (χ4n) is 3.37. The number of benzene rings is 2. The van der Waals surface area contributed by atoms with Gasteiger partial charge in [0, 0.05) is 30.3 Å². The molecule has 0 aliphatic carbocycles. The Hall–Kier alpha value is -3.35. The van der Waals surface area contributed by atoms with Crippen molar-refractivity contribution in [3.05, 3.63) is 59.7 Å². The summed E-state index contributed by atoms with van der Waals surface area (Å²) in [6.07, 6.45) is 1.16. The highest BCUT2D eigenvalue weighted by Gasteiger charge is 2.28. The molecule has 2 aromatic rings. The Morgan fingerprint density at radius 2 is 1.66 bits per heavy atom. The fraction of sp³-hybridized carbons (Fsp3) is 0.318. The van der Waals surface area contributed by atoms with E-state index in [0.717, 1.165) is 0 Å². The molecule has 1 saturated heterocycles. The number of anilines is 1. The average Bonchev–Trinajstić information content (AvgIpc) is 2.78. The Morgan fingerprint density at radius 3 is 2.34 bits per heavy atom. The summed E-state index contributed by atoms with van der Waals surface area (Å²) in [4.78, 5) is 38.7. The van der Waals surface area contributed by atoms with Gasteiger partial charge in [-0.2, -0.15) is 0 Å². The molecule has 1 fully saturated rings. The number of rotatable bonds is 5. The molecule has 0 aromatic heterocycles. The highest BCUT2D eigenvalue weighted by atomic mass is 16.5. The number of hydrogen-bond acceptors (Lipinski definition) is 5. The van der Waals surface area contributed by atoms with Crippen LogP contribution < -0.4 is 10.1 Å². The lowest BCUT2D eigenvalue weighted by atomic mass is 9.95. The van der Waals surface area contributed by atoms with Crippen LogP contribution in [0.4, 0.5) is 5.69 Å². The van der Waals surface area contributed by atoms with Crippen molar-refractivity contribution in [3.63, 3.8) is 0 Å². The fourth-order valence-corrected chi connectivity index (χ4v) is 3.37. The smallest absolute Gasteiger partial charge is 0.337 e. The number of amides is 2. The van der Waals surface area contributed by atoms with E-state index in [-0.39, 0.29) is 17.7 Å². The minimum absolute atomic E-state index is 0.0615. The molecule has 1 aliphatic heterocycles. The van der Waals surface area contributed by atoms with Crippen molar-refractivity contribution in [3.8, 4) is 5.75 Å². The van der Waals surface area contributed by atoms with Crippen LogP contribution in [0.15, 0.2) is 48.5 Å². The quantitative estimate of drug-likeness (QED) is 0.786. The SMILES string of the molecule is COC(=O)c1cccc(NC(=O)C2CCN(C(=O)c3cccc(OC)c3)CC2)c1. The summed E-state index contributed by atoms with van der Waals surface area (Å²) in [5, 5.41) is 2.86. The van der Waals surface area contributed by atoms with Crippen LogP contribution in [0.1, 0.15) is 33.6 Å². The lowest BCUT2D eigenvalue weighted by molar-refractivity contribution is -0.121. The zero-order valence-corrected chi connectivity index (χ0v) is 16.5. The van der Waals surface area contributed by atoms with E-state index < -0.39 is 5.97 Å². The second kappa shape index (κ2) is 9.23.